The van der Waals surface area contributed by atoms with Crippen LogP contribution in [0.5, 0.6) is 0 Å². The van der Waals surface area contributed by atoms with Crippen LogP contribution in [0.3, 0.4) is 0 Å². The number of benzene rings is 1. The van der Waals surface area contributed by atoms with Crippen LogP contribution in [0, 0.1) is 0 Å². The molecule has 1 N–H and O–H groups in total. The Morgan fingerprint density at radius 3 is 2.72 bits per heavy atom. The van der Waals surface area contributed by atoms with Crippen LogP contribution >= 0.6 is 11.8 Å². The summed E-state index contributed by atoms with van der Waals surface area (Å²) in [5, 5.41) is 3.53. The smallest absolute Gasteiger partial charge is 0.253 e. The molecule has 0 bridgehead atoms. The van der Waals surface area contributed by atoms with E-state index in [9.17, 15) is 4.79 Å². The molecular weight excluding hydrogens is 244 g/mol. The molecular formula is C14H20N2OS. The lowest BCUT2D eigenvalue weighted by Crippen LogP contribution is -2.25. The molecule has 3 nitrogen and oxygen atoms in total. The summed E-state index contributed by atoms with van der Waals surface area (Å²) < 4.78 is 0. The van der Waals surface area contributed by atoms with Crippen LogP contribution in [0.15, 0.2) is 24.3 Å². The first-order valence-electron chi connectivity index (χ1n) is 6.33. The molecule has 1 fully saturated rings. The van der Waals surface area contributed by atoms with Crippen LogP contribution in [0.1, 0.15) is 23.2 Å². The van der Waals surface area contributed by atoms with Crippen molar-refractivity contribution >= 4 is 23.4 Å². The third kappa shape index (κ3) is 3.42. The van der Waals surface area contributed by atoms with Gasteiger partial charge in [-0.25, -0.2) is 0 Å². The largest absolute Gasteiger partial charge is 0.382 e. The number of rotatable bonds is 3. The maximum absolute atomic E-state index is 11.9. The van der Waals surface area contributed by atoms with E-state index < -0.39 is 0 Å². The average Bonchev–Trinajstić information content (AvgIpc) is 2.39. The number of anilines is 1. The molecule has 1 aromatic rings. The highest BCUT2D eigenvalue weighted by atomic mass is 32.2. The summed E-state index contributed by atoms with van der Waals surface area (Å²) >= 11 is 2.02. The Kier molecular flexibility index (Phi) is 4.53. The van der Waals surface area contributed by atoms with Crippen LogP contribution in [0.25, 0.3) is 0 Å². The summed E-state index contributed by atoms with van der Waals surface area (Å²) in [7, 11) is 3.56. The Hall–Kier alpha value is -1.16. The lowest BCUT2D eigenvalue weighted by molar-refractivity contribution is 0.0827. The number of hydrogen-bond donors (Lipinski definition) is 1. The van der Waals surface area contributed by atoms with Crippen molar-refractivity contribution in [3.8, 4) is 0 Å². The van der Waals surface area contributed by atoms with E-state index in [4.69, 9.17) is 0 Å². The van der Waals surface area contributed by atoms with Gasteiger partial charge in [-0.3, -0.25) is 4.79 Å². The summed E-state index contributed by atoms with van der Waals surface area (Å²) in [5.41, 5.74) is 1.80. The van der Waals surface area contributed by atoms with Gasteiger partial charge in [0.2, 0.25) is 0 Å². The van der Waals surface area contributed by atoms with E-state index in [0.29, 0.717) is 6.04 Å². The van der Waals surface area contributed by atoms with Gasteiger partial charge in [-0.05, 0) is 42.5 Å². The van der Waals surface area contributed by atoms with Gasteiger partial charge in [0, 0.05) is 31.4 Å². The number of hydrogen-bond acceptors (Lipinski definition) is 3. The summed E-state index contributed by atoms with van der Waals surface area (Å²) in [5.74, 6) is 2.51. The molecule has 0 saturated carbocycles. The van der Waals surface area contributed by atoms with Crippen molar-refractivity contribution in [2.75, 3.05) is 30.9 Å². The van der Waals surface area contributed by atoms with Gasteiger partial charge in [0.05, 0.1) is 0 Å². The molecule has 1 aliphatic rings. The normalized spacial score (nSPS) is 16.3. The average molecular weight is 264 g/mol. The quantitative estimate of drug-likeness (QED) is 0.911. The van der Waals surface area contributed by atoms with Gasteiger partial charge in [0.25, 0.3) is 5.91 Å². The SMILES string of the molecule is CN(C)C(=O)c1cccc(NC2CCSCC2)c1. The van der Waals surface area contributed by atoms with Crippen molar-refractivity contribution < 1.29 is 4.79 Å². The predicted molar refractivity (Wildman–Crippen MR) is 78.4 cm³/mol. The van der Waals surface area contributed by atoms with Gasteiger partial charge in [0.1, 0.15) is 0 Å². The molecule has 1 aromatic carbocycles. The molecule has 1 saturated heterocycles. The summed E-state index contributed by atoms with van der Waals surface area (Å²) in [6.45, 7) is 0. The van der Waals surface area contributed by atoms with Gasteiger partial charge >= 0.3 is 0 Å². The zero-order valence-corrected chi connectivity index (χ0v) is 11.8. The molecule has 1 aliphatic heterocycles. The summed E-state index contributed by atoms with van der Waals surface area (Å²) in [4.78, 5) is 13.5. The van der Waals surface area contributed by atoms with Gasteiger partial charge < -0.3 is 10.2 Å². The molecule has 2 rings (SSSR count). The first-order valence-corrected chi connectivity index (χ1v) is 7.48. The first kappa shape index (κ1) is 13.3. The molecule has 0 aromatic heterocycles. The Morgan fingerprint density at radius 2 is 2.06 bits per heavy atom. The number of nitrogens with zero attached hydrogens (tertiary/aromatic N) is 1. The highest BCUT2D eigenvalue weighted by Gasteiger charge is 2.14. The van der Waals surface area contributed by atoms with E-state index in [-0.39, 0.29) is 5.91 Å². The molecule has 0 radical (unpaired) electrons. The summed E-state index contributed by atoms with van der Waals surface area (Å²) in [6, 6.07) is 8.34. The Morgan fingerprint density at radius 1 is 1.33 bits per heavy atom. The molecule has 1 heterocycles. The second kappa shape index (κ2) is 6.14. The van der Waals surface area contributed by atoms with Crippen LogP contribution in [-0.4, -0.2) is 42.4 Å². The van der Waals surface area contributed by atoms with Gasteiger partial charge in [-0.15, -0.1) is 0 Å². The monoisotopic (exact) mass is 264 g/mol. The minimum absolute atomic E-state index is 0.0536. The molecule has 0 spiro atoms. The van der Waals surface area contributed by atoms with Crippen molar-refractivity contribution in [1.29, 1.82) is 0 Å². The molecule has 98 valence electrons. The highest BCUT2D eigenvalue weighted by molar-refractivity contribution is 7.99. The molecule has 0 unspecified atom stereocenters. The first-order chi connectivity index (χ1) is 8.66. The van der Waals surface area contributed by atoms with E-state index >= 15 is 0 Å². The number of carbonyl (C=O) groups excluding carboxylic acids is 1. The van der Waals surface area contributed by atoms with Crippen LogP contribution < -0.4 is 5.32 Å². The van der Waals surface area contributed by atoms with Gasteiger partial charge in [0.15, 0.2) is 0 Å². The minimum Gasteiger partial charge on any atom is -0.382 e. The van der Waals surface area contributed by atoms with Crippen LogP contribution in [0.4, 0.5) is 5.69 Å². The zero-order chi connectivity index (χ0) is 13.0. The topological polar surface area (TPSA) is 32.3 Å². The zero-order valence-electron chi connectivity index (χ0n) is 11.0. The van der Waals surface area contributed by atoms with Crippen molar-refractivity contribution in [1.82, 2.24) is 4.90 Å². The van der Waals surface area contributed by atoms with E-state index in [2.05, 4.69) is 5.32 Å². The van der Waals surface area contributed by atoms with Crippen LogP contribution in [-0.2, 0) is 0 Å². The van der Waals surface area contributed by atoms with E-state index in [1.54, 1.807) is 19.0 Å². The highest BCUT2D eigenvalue weighted by Crippen LogP contribution is 2.21. The minimum atomic E-state index is 0.0536. The van der Waals surface area contributed by atoms with E-state index in [1.165, 1.54) is 24.3 Å². The van der Waals surface area contributed by atoms with E-state index in [1.807, 2.05) is 36.0 Å². The predicted octanol–water partition coefficient (Wildman–Crippen LogP) is 2.70. The molecule has 0 atom stereocenters. The Bertz CT molecular complexity index is 414. The van der Waals surface area contributed by atoms with Crippen molar-refractivity contribution in [2.45, 2.75) is 18.9 Å². The third-order valence-corrected chi connectivity index (χ3v) is 4.16. The molecule has 1 amide bonds. The van der Waals surface area contributed by atoms with Crippen molar-refractivity contribution in [3.05, 3.63) is 29.8 Å². The standard InChI is InChI=1S/C14H20N2OS/c1-16(2)14(17)11-4-3-5-13(10-11)15-12-6-8-18-9-7-12/h3-5,10,12,15H,6-9H2,1-2H3. The van der Waals surface area contributed by atoms with Crippen molar-refractivity contribution in [2.24, 2.45) is 0 Å². The van der Waals surface area contributed by atoms with Crippen molar-refractivity contribution in [3.63, 3.8) is 0 Å². The second-order valence-corrected chi connectivity index (χ2v) is 6.04. The number of amides is 1. The fourth-order valence-electron chi connectivity index (χ4n) is 2.08. The Balaban J connectivity index is 2.04. The number of thioether (sulfide) groups is 1. The van der Waals surface area contributed by atoms with Crippen LogP contribution in [0.2, 0.25) is 0 Å². The maximum Gasteiger partial charge on any atom is 0.253 e. The van der Waals surface area contributed by atoms with Gasteiger partial charge in [-0.1, -0.05) is 6.07 Å². The lowest BCUT2D eigenvalue weighted by Gasteiger charge is -2.24. The number of nitrogens with one attached hydrogen (secondary N) is 1. The van der Waals surface area contributed by atoms with Gasteiger partial charge in [-0.2, -0.15) is 11.8 Å². The third-order valence-electron chi connectivity index (χ3n) is 3.11. The Labute approximate surface area is 113 Å². The lowest BCUT2D eigenvalue weighted by atomic mass is 10.1. The molecule has 4 heteroatoms. The fraction of sp³-hybridized carbons (Fsp3) is 0.500. The summed E-state index contributed by atoms with van der Waals surface area (Å²) in [6.07, 6.45) is 2.41. The fourth-order valence-corrected chi connectivity index (χ4v) is 3.18. The number of carbonyl (C=O) groups is 1. The molecule has 0 aliphatic carbocycles. The second-order valence-electron chi connectivity index (χ2n) is 4.81. The maximum atomic E-state index is 11.9. The molecule has 18 heavy (non-hydrogen) atoms. The van der Waals surface area contributed by atoms with E-state index in [0.717, 1.165) is 11.3 Å².